The van der Waals surface area contributed by atoms with E-state index in [-0.39, 0.29) is 29.2 Å². The van der Waals surface area contributed by atoms with Crippen LogP contribution in [0.15, 0.2) is 42.7 Å². The first-order valence-corrected chi connectivity index (χ1v) is 11.3. The van der Waals surface area contributed by atoms with Crippen molar-refractivity contribution >= 4 is 16.9 Å². The zero-order valence-electron chi connectivity index (χ0n) is 18.1. The summed E-state index contributed by atoms with van der Waals surface area (Å²) in [5.74, 6) is -0.579. The van der Waals surface area contributed by atoms with Crippen LogP contribution < -0.4 is 0 Å². The maximum Gasteiger partial charge on any atom is 0.249 e. The van der Waals surface area contributed by atoms with Crippen molar-refractivity contribution in [2.75, 3.05) is 6.61 Å². The van der Waals surface area contributed by atoms with Crippen molar-refractivity contribution in [2.45, 2.75) is 44.7 Å². The first-order chi connectivity index (χ1) is 16.0. The summed E-state index contributed by atoms with van der Waals surface area (Å²) in [6, 6.07) is 10.4. The van der Waals surface area contributed by atoms with Crippen LogP contribution in [-0.2, 0) is 16.2 Å². The summed E-state index contributed by atoms with van der Waals surface area (Å²) in [7, 11) is 0. The molecule has 0 spiro atoms. The normalized spacial score (nSPS) is 23.1. The molecule has 0 N–H and O–H groups in total. The Hall–Kier alpha value is -3.31. The van der Waals surface area contributed by atoms with Crippen LogP contribution in [0.1, 0.15) is 49.3 Å². The highest BCUT2D eigenvalue weighted by Crippen LogP contribution is 2.37. The molecule has 33 heavy (non-hydrogen) atoms. The summed E-state index contributed by atoms with van der Waals surface area (Å²) in [6.07, 6.45) is 5.62. The van der Waals surface area contributed by atoms with Crippen LogP contribution in [0.4, 0.5) is 8.78 Å². The molecule has 2 aliphatic rings. The lowest BCUT2D eigenvalue weighted by molar-refractivity contribution is -0.183. The second kappa shape index (κ2) is 8.91. The third kappa shape index (κ3) is 4.33. The molecule has 1 saturated carbocycles. The predicted molar refractivity (Wildman–Crippen MR) is 116 cm³/mol. The van der Waals surface area contributed by atoms with E-state index < -0.39 is 5.82 Å². The zero-order chi connectivity index (χ0) is 22.9. The molecule has 2 heterocycles. The van der Waals surface area contributed by atoms with E-state index in [1.807, 2.05) is 6.07 Å². The van der Waals surface area contributed by atoms with Gasteiger partial charge in [-0.15, -0.1) is 0 Å². The Labute approximate surface area is 190 Å². The number of halogens is 2. The Morgan fingerprint density at radius 3 is 2.70 bits per heavy atom. The monoisotopic (exact) mass is 450 g/mol. The second-order valence-corrected chi connectivity index (χ2v) is 8.93. The largest absolute Gasteiger partial charge is 0.330 e. The molecule has 1 saturated heterocycles. The first-order valence-electron chi connectivity index (χ1n) is 11.3. The fourth-order valence-electron chi connectivity index (χ4n) is 5.09. The summed E-state index contributed by atoms with van der Waals surface area (Å²) >= 11 is 0. The van der Waals surface area contributed by atoms with E-state index in [0.717, 1.165) is 37.7 Å². The summed E-state index contributed by atoms with van der Waals surface area (Å²) in [4.78, 5) is 23.2. The summed E-state index contributed by atoms with van der Waals surface area (Å²) in [5.41, 5.74) is 2.39. The number of hydrogen-bond acceptors (Lipinski definition) is 4. The number of benzene rings is 2. The average molecular weight is 450 g/mol. The fraction of sp³-hybridized carbons (Fsp3) is 0.400. The van der Waals surface area contributed by atoms with Gasteiger partial charge in [0, 0.05) is 24.9 Å². The number of nitriles is 1. The molecule has 1 aliphatic heterocycles. The van der Waals surface area contributed by atoms with E-state index in [1.165, 1.54) is 29.3 Å². The topological polar surface area (TPSA) is 71.2 Å². The first kappa shape index (κ1) is 21.5. The van der Waals surface area contributed by atoms with Crippen molar-refractivity contribution in [3.63, 3.8) is 0 Å². The number of hydroxylamine groups is 2. The van der Waals surface area contributed by atoms with Crippen molar-refractivity contribution in [2.24, 2.45) is 11.8 Å². The van der Waals surface area contributed by atoms with Gasteiger partial charge in [0.15, 0.2) is 0 Å². The lowest BCUT2D eigenvalue weighted by Crippen LogP contribution is -2.37. The Kier molecular flexibility index (Phi) is 5.81. The van der Waals surface area contributed by atoms with E-state index in [2.05, 4.69) is 9.55 Å². The third-order valence-electron chi connectivity index (χ3n) is 6.79. The highest BCUT2D eigenvalue weighted by Gasteiger charge is 2.37. The molecular weight excluding hydrogens is 426 g/mol. The van der Waals surface area contributed by atoms with E-state index >= 15 is 0 Å². The number of carbonyl (C=O) groups is 1. The minimum absolute atomic E-state index is 0.0673. The van der Waals surface area contributed by atoms with Crippen molar-refractivity contribution in [3.05, 3.63) is 65.5 Å². The van der Waals surface area contributed by atoms with Gasteiger partial charge >= 0.3 is 0 Å². The van der Waals surface area contributed by atoms with Crippen LogP contribution in [0.3, 0.4) is 0 Å². The van der Waals surface area contributed by atoms with E-state index in [9.17, 15) is 13.6 Å². The molecule has 1 aromatic heterocycles. The minimum Gasteiger partial charge on any atom is -0.330 e. The summed E-state index contributed by atoms with van der Waals surface area (Å²) in [6.45, 7) is 1.17. The van der Waals surface area contributed by atoms with Gasteiger partial charge in [0.25, 0.3) is 0 Å². The van der Waals surface area contributed by atoms with Crippen molar-refractivity contribution in [3.8, 4) is 6.07 Å². The van der Waals surface area contributed by atoms with Gasteiger partial charge in [-0.1, -0.05) is 0 Å². The van der Waals surface area contributed by atoms with Crippen LogP contribution in [0.2, 0.25) is 0 Å². The molecule has 0 radical (unpaired) electrons. The summed E-state index contributed by atoms with van der Waals surface area (Å²) in [5, 5.41) is 10.5. The number of amides is 1. The number of imidazole rings is 1. The molecule has 8 heteroatoms. The number of carbonyl (C=O) groups excluding carboxylic acids is 1. The predicted octanol–water partition coefficient (Wildman–Crippen LogP) is 4.90. The standard InChI is InChI=1S/C25H24F2N4O2/c26-20-5-6-24-22(12-20)29-15-30(24)14-16-1-3-18(4-2-16)25(32)31-23(7-8-33-31)19-9-17(13-28)10-21(27)11-19/h5-6,9-12,15-16,18,23H,1-4,7-8,14H2/t16-,18-,23-/m0/s1. The van der Waals surface area contributed by atoms with E-state index in [0.29, 0.717) is 30.0 Å². The van der Waals surface area contributed by atoms with Gasteiger partial charge in [0.05, 0.1) is 41.6 Å². The Morgan fingerprint density at radius 1 is 1.09 bits per heavy atom. The third-order valence-corrected chi connectivity index (χ3v) is 6.79. The minimum atomic E-state index is -0.487. The van der Waals surface area contributed by atoms with Crippen molar-refractivity contribution in [1.29, 1.82) is 5.26 Å². The molecular formula is C25H24F2N4O2. The van der Waals surface area contributed by atoms with Crippen LogP contribution in [0, 0.1) is 34.8 Å². The zero-order valence-corrected chi connectivity index (χ0v) is 18.1. The Bertz CT molecular complexity index is 1230. The number of nitrogens with zero attached hydrogens (tertiary/aromatic N) is 4. The highest BCUT2D eigenvalue weighted by molar-refractivity contribution is 5.78. The number of hydrogen-bond donors (Lipinski definition) is 0. The molecule has 1 aliphatic carbocycles. The average Bonchev–Trinajstić information content (AvgIpc) is 3.46. The Balaban J connectivity index is 1.23. The number of aromatic nitrogens is 2. The smallest absolute Gasteiger partial charge is 0.249 e. The Morgan fingerprint density at radius 2 is 1.91 bits per heavy atom. The molecule has 3 aromatic rings. The fourth-order valence-corrected chi connectivity index (χ4v) is 5.09. The lowest BCUT2D eigenvalue weighted by Gasteiger charge is -2.32. The van der Waals surface area contributed by atoms with Crippen LogP contribution in [0.25, 0.3) is 11.0 Å². The number of rotatable bonds is 4. The van der Waals surface area contributed by atoms with Gasteiger partial charge < -0.3 is 4.57 Å². The molecule has 170 valence electrons. The van der Waals surface area contributed by atoms with Crippen LogP contribution >= 0.6 is 0 Å². The van der Waals surface area contributed by atoms with E-state index in [1.54, 1.807) is 18.5 Å². The molecule has 5 rings (SSSR count). The molecule has 0 unspecified atom stereocenters. The SMILES string of the molecule is N#Cc1cc(F)cc([C@@H]2CCON2C(=O)[C@H]2CC[C@H](Cn3cnc4cc(F)ccc43)CC2)c1. The molecule has 6 nitrogen and oxygen atoms in total. The molecule has 2 aromatic carbocycles. The van der Waals surface area contributed by atoms with Gasteiger partial charge in [0.1, 0.15) is 11.6 Å². The van der Waals surface area contributed by atoms with Crippen molar-refractivity contribution in [1.82, 2.24) is 14.6 Å². The van der Waals surface area contributed by atoms with Gasteiger partial charge in [-0.3, -0.25) is 9.63 Å². The highest BCUT2D eigenvalue weighted by atomic mass is 19.1. The summed E-state index contributed by atoms with van der Waals surface area (Å²) < 4.78 is 29.4. The maximum absolute atomic E-state index is 13.9. The second-order valence-electron chi connectivity index (χ2n) is 8.93. The number of fused-ring (bicyclic) bond motifs is 1. The maximum atomic E-state index is 13.9. The van der Waals surface area contributed by atoms with Gasteiger partial charge in [0.2, 0.25) is 5.91 Å². The van der Waals surface area contributed by atoms with E-state index in [4.69, 9.17) is 10.1 Å². The quantitative estimate of drug-likeness (QED) is 0.567. The van der Waals surface area contributed by atoms with Gasteiger partial charge in [-0.05, 0) is 67.5 Å². The molecule has 1 atom stereocenters. The van der Waals surface area contributed by atoms with Crippen LogP contribution in [0.5, 0.6) is 0 Å². The van der Waals surface area contributed by atoms with Crippen LogP contribution in [-0.4, -0.2) is 27.1 Å². The molecule has 2 fully saturated rings. The molecule has 1 amide bonds. The van der Waals surface area contributed by atoms with Gasteiger partial charge in [-0.2, -0.15) is 5.26 Å². The lowest BCUT2D eigenvalue weighted by atomic mass is 9.81. The van der Waals surface area contributed by atoms with Crippen molar-refractivity contribution < 1.29 is 18.4 Å². The van der Waals surface area contributed by atoms with Gasteiger partial charge in [-0.25, -0.2) is 18.8 Å². The molecule has 0 bridgehead atoms.